The molecular formula is C24H39N3O4. The molecule has 0 bridgehead atoms. The van der Waals surface area contributed by atoms with E-state index in [1.165, 1.54) is 4.90 Å². The summed E-state index contributed by atoms with van der Waals surface area (Å²) in [6, 6.07) is 5.70. The van der Waals surface area contributed by atoms with Crippen LogP contribution in [0.4, 0.5) is 4.79 Å². The number of fused-ring (bicyclic) bond motifs is 1. The predicted molar refractivity (Wildman–Crippen MR) is 122 cm³/mol. The van der Waals surface area contributed by atoms with Gasteiger partial charge in [-0.3, -0.25) is 14.6 Å². The van der Waals surface area contributed by atoms with Crippen LogP contribution >= 0.6 is 0 Å². The summed E-state index contributed by atoms with van der Waals surface area (Å²) in [7, 11) is 1.62. The van der Waals surface area contributed by atoms with Gasteiger partial charge < -0.3 is 14.8 Å². The van der Waals surface area contributed by atoms with Gasteiger partial charge in [0, 0.05) is 31.7 Å². The van der Waals surface area contributed by atoms with Gasteiger partial charge in [0.15, 0.2) is 0 Å². The molecule has 1 heterocycles. The third-order valence-electron chi connectivity index (χ3n) is 5.45. The normalized spacial score (nSPS) is 16.5. The summed E-state index contributed by atoms with van der Waals surface area (Å²) in [6.45, 7) is 15.8. The second kappa shape index (κ2) is 10.4. The fourth-order valence-electron chi connectivity index (χ4n) is 4.05. The fraction of sp³-hybridized carbons (Fsp3) is 0.667. The van der Waals surface area contributed by atoms with Gasteiger partial charge in [-0.2, -0.15) is 0 Å². The molecule has 0 aliphatic carbocycles. The molecule has 0 spiro atoms. The minimum absolute atomic E-state index is 0.190. The number of carbonyl (C=O) groups is 2. The Morgan fingerprint density at radius 3 is 2.39 bits per heavy atom. The summed E-state index contributed by atoms with van der Waals surface area (Å²) < 4.78 is 10.9. The molecule has 7 nitrogen and oxygen atoms in total. The minimum atomic E-state index is -0.726. The molecule has 1 atom stereocenters. The predicted octanol–water partition coefficient (Wildman–Crippen LogP) is 3.76. The van der Waals surface area contributed by atoms with Crippen molar-refractivity contribution in [3.8, 4) is 5.75 Å². The van der Waals surface area contributed by atoms with Crippen LogP contribution in [0.25, 0.3) is 0 Å². The summed E-state index contributed by atoms with van der Waals surface area (Å²) in [4.78, 5) is 30.1. The van der Waals surface area contributed by atoms with Crippen molar-refractivity contribution in [3.05, 3.63) is 29.3 Å². The van der Waals surface area contributed by atoms with Gasteiger partial charge in [-0.15, -0.1) is 0 Å². The van der Waals surface area contributed by atoms with Crippen LogP contribution in [-0.4, -0.2) is 66.2 Å². The lowest BCUT2D eigenvalue weighted by atomic mass is 9.92. The number of hydrogen-bond donors (Lipinski definition) is 1. The largest absolute Gasteiger partial charge is 0.497 e. The van der Waals surface area contributed by atoms with E-state index in [9.17, 15) is 9.59 Å². The van der Waals surface area contributed by atoms with Crippen LogP contribution in [-0.2, 0) is 16.0 Å². The molecule has 1 aliphatic heterocycles. The Bertz CT molecular complexity index is 763. The molecule has 0 aromatic heterocycles. The van der Waals surface area contributed by atoms with Crippen LogP contribution in [0.15, 0.2) is 18.2 Å². The molecular weight excluding hydrogens is 394 g/mol. The maximum atomic E-state index is 13.3. The van der Waals surface area contributed by atoms with Crippen molar-refractivity contribution in [1.82, 2.24) is 15.1 Å². The minimum Gasteiger partial charge on any atom is -0.497 e. The Hall–Kier alpha value is -2.28. The Balaban J connectivity index is 2.24. The van der Waals surface area contributed by atoms with Gasteiger partial charge in [-0.1, -0.05) is 6.07 Å². The van der Waals surface area contributed by atoms with E-state index in [4.69, 9.17) is 9.47 Å². The second-order valence-electron chi connectivity index (χ2n) is 9.61. The van der Waals surface area contributed by atoms with Gasteiger partial charge in [0.25, 0.3) is 0 Å². The fourth-order valence-corrected chi connectivity index (χ4v) is 4.05. The monoisotopic (exact) mass is 433 g/mol. The van der Waals surface area contributed by atoms with E-state index in [0.717, 1.165) is 23.4 Å². The Morgan fingerprint density at radius 2 is 1.84 bits per heavy atom. The molecule has 31 heavy (non-hydrogen) atoms. The third-order valence-corrected chi connectivity index (χ3v) is 5.45. The lowest BCUT2D eigenvalue weighted by molar-refractivity contribution is -0.127. The van der Waals surface area contributed by atoms with Gasteiger partial charge >= 0.3 is 6.09 Å². The van der Waals surface area contributed by atoms with E-state index in [0.29, 0.717) is 31.6 Å². The lowest BCUT2D eigenvalue weighted by Crippen LogP contribution is -2.50. The van der Waals surface area contributed by atoms with Gasteiger partial charge in [-0.05, 0) is 78.1 Å². The van der Waals surface area contributed by atoms with E-state index >= 15 is 0 Å². The number of ether oxygens (including phenoxy) is 2. The molecule has 174 valence electrons. The molecule has 0 saturated carbocycles. The lowest BCUT2D eigenvalue weighted by Gasteiger charge is -2.37. The van der Waals surface area contributed by atoms with Crippen molar-refractivity contribution >= 4 is 12.0 Å². The molecule has 1 aliphatic rings. The number of rotatable bonds is 7. The molecule has 1 aromatic carbocycles. The van der Waals surface area contributed by atoms with E-state index in [-0.39, 0.29) is 5.91 Å². The van der Waals surface area contributed by atoms with E-state index in [1.54, 1.807) is 7.11 Å². The van der Waals surface area contributed by atoms with Crippen molar-refractivity contribution in [3.63, 3.8) is 0 Å². The van der Waals surface area contributed by atoms with E-state index in [2.05, 4.69) is 37.9 Å². The highest BCUT2D eigenvalue weighted by atomic mass is 16.6. The zero-order valence-electron chi connectivity index (χ0n) is 20.3. The summed E-state index contributed by atoms with van der Waals surface area (Å²) in [5.74, 6) is 0.553. The highest BCUT2D eigenvalue weighted by Gasteiger charge is 2.38. The number of nitrogens with one attached hydrogen (secondary N) is 1. The Labute approximate surface area is 187 Å². The molecule has 1 unspecified atom stereocenters. The number of carbonyl (C=O) groups excluding carboxylic acids is 2. The SMILES string of the molecule is COc1ccc2c(c1)CCN(C(=O)OC(C)(C)C)C2C(=O)NCCN(C(C)C)C(C)C. The highest BCUT2D eigenvalue weighted by Crippen LogP contribution is 2.33. The standard InChI is InChI=1S/C24H39N3O4/c1-16(2)26(17(3)4)14-12-25-22(28)21-20-10-9-19(30-8)15-18(20)11-13-27(21)23(29)31-24(5,6)7/h9-10,15-17,21H,11-14H2,1-8H3,(H,25,28). The first-order valence-corrected chi connectivity index (χ1v) is 11.1. The summed E-state index contributed by atoms with van der Waals surface area (Å²) in [5.41, 5.74) is 1.21. The molecule has 7 heteroatoms. The molecule has 1 N–H and O–H groups in total. The van der Waals surface area contributed by atoms with Crippen LogP contribution in [0, 0.1) is 0 Å². The van der Waals surface area contributed by atoms with E-state index in [1.807, 2.05) is 39.0 Å². The highest BCUT2D eigenvalue weighted by molar-refractivity contribution is 5.88. The Morgan fingerprint density at radius 1 is 1.19 bits per heavy atom. The van der Waals surface area contributed by atoms with Crippen molar-refractivity contribution < 1.29 is 19.1 Å². The zero-order chi connectivity index (χ0) is 23.3. The summed E-state index contributed by atoms with van der Waals surface area (Å²) >= 11 is 0. The number of methoxy groups -OCH3 is 1. The summed E-state index contributed by atoms with van der Waals surface area (Å²) in [5, 5.41) is 3.05. The first-order valence-electron chi connectivity index (χ1n) is 11.1. The van der Waals surface area contributed by atoms with Crippen LogP contribution in [0.3, 0.4) is 0 Å². The van der Waals surface area contributed by atoms with Gasteiger partial charge in [0.05, 0.1) is 7.11 Å². The van der Waals surface area contributed by atoms with Crippen LogP contribution < -0.4 is 10.1 Å². The first-order chi connectivity index (χ1) is 14.4. The molecule has 1 aromatic rings. The van der Waals surface area contributed by atoms with Gasteiger partial charge in [0.2, 0.25) is 5.91 Å². The van der Waals surface area contributed by atoms with Crippen molar-refractivity contribution in [1.29, 1.82) is 0 Å². The van der Waals surface area contributed by atoms with Crippen LogP contribution in [0.1, 0.15) is 65.6 Å². The quantitative estimate of drug-likeness (QED) is 0.709. The smallest absolute Gasteiger partial charge is 0.411 e. The summed E-state index contributed by atoms with van der Waals surface area (Å²) in [6.07, 6.45) is 0.171. The molecule has 2 rings (SSSR count). The van der Waals surface area contributed by atoms with Crippen molar-refractivity contribution in [2.24, 2.45) is 0 Å². The molecule has 2 amide bonds. The maximum Gasteiger partial charge on any atom is 0.411 e. The van der Waals surface area contributed by atoms with Gasteiger partial charge in [0.1, 0.15) is 17.4 Å². The number of benzene rings is 1. The number of hydrogen-bond acceptors (Lipinski definition) is 5. The van der Waals surface area contributed by atoms with Crippen LogP contribution in [0.5, 0.6) is 5.75 Å². The van der Waals surface area contributed by atoms with Gasteiger partial charge in [-0.25, -0.2) is 4.79 Å². The zero-order valence-corrected chi connectivity index (χ0v) is 20.3. The Kier molecular flexibility index (Phi) is 8.34. The second-order valence-corrected chi connectivity index (χ2v) is 9.61. The van der Waals surface area contributed by atoms with E-state index < -0.39 is 17.7 Å². The van der Waals surface area contributed by atoms with Crippen molar-refractivity contribution in [2.45, 2.75) is 78.6 Å². The molecule has 0 radical (unpaired) electrons. The average Bonchev–Trinajstić information content (AvgIpc) is 2.67. The molecule has 0 saturated heterocycles. The topological polar surface area (TPSA) is 71.1 Å². The average molecular weight is 434 g/mol. The first kappa shape index (κ1) is 25.0. The number of nitrogens with zero attached hydrogens (tertiary/aromatic N) is 2. The molecule has 0 fully saturated rings. The van der Waals surface area contributed by atoms with Crippen molar-refractivity contribution in [2.75, 3.05) is 26.7 Å². The van der Waals surface area contributed by atoms with Crippen LogP contribution in [0.2, 0.25) is 0 Å². The number of amides is 2. The third kappa shape index (κ3) is 6.60. The maximum absolute atomic E-state index is 13.3.